The third-order valence-electron chi connectivity index (χ3n) is 6.20. The molecule has 1 amide bonds. The van der Waals surface area contributed by atoms with Crippen molar-refractivity contribution in [3.8, 4) is 0 Å². The summed E-state index contributed by atoms with van der Waals surface area (Å²) in [4.78, 5) is 16.7. The summed E-state index contributed by atoms with van der Waals surface area (Å²) < 4.78 is 27.8. The van der Waals surface area contributed by atoms with E-state index >= 15 is 0 Å². The predicted octanol–water partition coefficient (Wildman–Crippen LogP) is 2.25. The first-order valence-electron chi connectivity index (χ1n) is 10.4. The summed E-state index contributed by atoms with van der Waals surface area (Å²) in [6.07, 6.45) is 6.82. The van der Waals surface area contributed by atoms with Crippen LogP contribution in [0.1, 0.15) is 58.1 Å². The number of amides is 1. The van der Waals surface area contributed by atoms with E-state index in [0.29, 0.717) is 0 Å². The highest BCUT2D eigenvalue weighted by molar-refractivity contribution is 7.89. The van der Waals surface area contributed by atoms with E-state index in [0.717, 1.165) is 31.2 Å². The van der Waals surface area contributed by atoms with Gasteiger partial charge in [-0.3, -0.25) is 4.79 Å². The summed E-state index contributed by atoms with van der Waals surface area (Å²) in [5.41, 5.74) is 1.01. The lowest BCUT2D eigenvalue weighted by Crippen LogP contribution is -2.50. The number of rotatable bonds is 5. The minimum absolute atomic E-state index is 0.0528. The second-order valence-electron chi connectivity index (χ2n) is 9.26. The molecular weight excluding hydrogens is 402 g/mol. The van der Waals surface area contributed by atoms with Crippen molar-refractivity contribution < 1.29 is 13.2 Å². The molecule has 8 nitrogen and oxygen atoms in total. The van der Waals surface area contributed by atoms with Gasteiger partial charge in [-0.15, -0.1) is 0 Å². The molecule has 4 rings (SSSR count). The summed E-state index contributed by atoms with van der Waals surface area (Å²) in [7, 11) is -3.74. The molecule has 2 saturated heterocycles. The van der Waals surface area contributed by atoms with Gasteiger partial charge < -0.3 is 4.90 Å². The maximum Gasteiger partial charge on any atom is 0.241 e. The van der Waals surface area contributed by atoms with Gasteiger partial charge in [-0.05, 0) is 48.8 Å². The highest BCUT2D eigenvalue weighted by Crippen LogP contribution is 2.40. The van der Waals surface area contributed by atoms with E-state index < -0.39 is 10.0 Å². The van der Waals surface area contributed by atoms with E-state index in [1.54, 1.807) is 29.3 Å². The van der Waals surface area contributed by atoms with Gasteiger partial charge in [0.25, 0.3) is 0 Å². The Hall–Kier alpha value is -2.26. The number of nitrogens with zero attached hydrogens (tertiary/aromatic N) is 4. The van der Waals surface area contributed by atoms with Crippen molar-refractivity contribution in [1.82, 2.24) is 24.6 Å². The van der Waals surface area contributed by atoms with Crippen LogP contribution < -0.4 is 4.72 Å². The molecule has 162 valence electrons. The predicted molar refractivity (Wildman–Crippen MR) is 112 cm³/mol. The number of nitrogens with one attached hydrogen (secondary N) is 1. The van der Waals surface area contributed by atoms with Crippen molar-refractivity contribution in [3.05, 3.63) is 42.2 Å². The maximum absolute atomic E-state index is 12.9. The third kappa shape index (κ3) is 4.13. The van der Waals surface area contributed by atoms with Crippen LogP contribution in [0, 0.1) is 0 Å². The van der Waals surface area contributed by atoms with Gasteiger partial charge in [-0.25, -0.2) is 13.1 Å². The topological polar surface area (TPSA) is 97.2 Å². The molecule has 0 aliphatic carbocycles. The van der Waals surface area contributed by atoms with Crippen molar-refractivity contribution in [2.75, 3.05) is 6.54 Å². The molecule has 3 heterocycles. The normalized spacial score (nSPS) is 24.2. The largest absolute Gasteiger partial charge is 0.335 e. The van der Waals surface area contributed by atoms with Crippen LogP contribution in [-0.2, 0) is 20.2 Å². The minimum atomic E-state index is -3.74. The van der Waals surface area contributed by atoms with Crippen molar-refractivity contribution in [2.45, 2.75) is 74.9 Å². The molecule has 2 fully saturated rings. The van der Waals surface area contributed by atoms with Gasteiger partial charge in [0.1, 0.15) is 0 Å². The summed E-state index contributed by atoms with van der Waals surface area (Å²) in [5.74, 6) is -0.163. The summed E-state index contributed by atoms with van der Waals surface area (Å²) in [6, 6.07) is 7.26. The number of carbonyl (C=O) groups is 1. The third-order valence-corrected chi connectivity index (χ3v) is 7.62. The van der Waals surface area contributed by atoms with E-state index in [9.17, 15) is 13.2 Å². The van der Waals surface area contributed by atoms with Gasteiger partial charge in [0, 0.05) is 12.1 Å². The van der Waals surface area contributed by atoms with Crippen molar-refractivity contribution in [2.24, 2.45) is 0 Å². The summed E-state index contributed by atoms with van der Waals surface area (Å²) in [5, 5.41) is 8.48. The second kappa shape index (κ2) is 7.77. The number of fused-ring (bicyclic) bond motifs is 2. The number of piperidine rings is 1. The lowest BCUT2D eigenvalue weighted by Gasteiger charge is -2.38. The number of benzene rings is 1. The van der Waals surface area contributed by atoms with Crippen molar-refractivity contribution in [3.63, 3.8) is 0 Å². The average Bonchev–Trinajstić information content (AvgIpc) is 3.32. The fourth-order valence-corrected chi connectivity index (χ4v) is 5.60. The van der Waals surface area contributed by atoms with Crippen LogP contribution >= 0.6 is 0 Å². The second-order valence-corrected chi connectivity index (χ2v) is 11.0. The number of aromatic nitrogens is 3. The van der Waals surface area contributed by atoms with Crippen LogP contribution in [0.25, 0.3) is 0 Å². The molecule has 0 radical (unpaired) electrons. The van der Waals surface area contributed by atoms with Crippen LogP contribution in [0.2, 0.25) is 0 Å². The maximum atomic E-state index is 12.9. The van der Waals surface area contributed by atoms with Gasteiger partial charge in [0.2, 0.25) is 15.9 Å². The Morgan fingerprint density at radius 1 is 1.03 bits per heavy atom. The molecule has 0 saturated carbocycles. The first-order valence-corrected chi connectivity index (χ1v) is 11.9. The molecule has 2 unspecified atom stereocenters. The quantitative estimate of drug-likeness (QED) is 0.783. The molecule has 2 bridgehead atoms. The highest BCUT2D eigenvalue weighted by atomic mass is 32.2. The van der Waals surface area contributed by atoms with E-state index in [2.05, 4.69) is 35.7 Å². The smallest absolute Gasteiger partial charge is 0.241 e. The molecule has 30 heavy (non-hydrogen) atoms. The average molecular weight is 432 g/mol. The van der Waals surface area contributed by atoms with Gasteiger partial charge in [0.05, 0.1) is 29.9 Å². The van der Waals surface area contributed by atoms with E-state index in [1.807, 2.05) is 17.0 Å². The lowest BCUT2D eigenvalue weighted by atomic mass is 9.87. The van der Waals surface area contributed by atoms with Crippen LogP contribution in [0.15, 0.2) is 41.6 Å². The van der Waals surface area contributed by atoms with E-state index in [4.69, 9.17) is 0 Å². The molecule has 2 atom stereocenters. The Labute approximate surface area is 177 Å². The van der Waals surface area contributed by atoms with Crippen LogP contribution in [0.5, 0.6) is 0 Å². The molecule has 2 aliphatic heterocycles. The van der Waals surface area contributed by atoms with Gasteiger partial charge in [-0.1, -0.05) is 32.9 Å². The molecule has 9 heteroatoms. The monoisotopic (exact) mass is 431 g/mol. The van der Waals surface area contributed by atoms with Crippen LogP contribution in [0.3, 0.4) is 0 Å². The zero-order chi connectivity index (χ0) is 21.5. The summed E-state index contributed by atoms with van der Waals surface area (Å²) >= 11 is 0. The SMILES string of the molecule is CC(C)(C)c1ccc(S(=O)(=O)NCC(=O)N2C3CCC2CC(n2nccn2)C3)cc1. The van der Waals surface area contributed by atoms with E-state index in [1.165, 1.54) is 0 Å². The minimum Gasteiger partial charge on any atom is -0.335 e. The highest BCUT2D eigenvalue weighted by Gasteiger charge is 2.44. The molecule has 2 aromatic rings. The first kappa shape index (κ1) is 21.0. The Morgan fingerprint density at radius 3 is 2.13 bits per heavy atom. The van der Waals surface area contributed by atoms with Crippen molar-refractivity contribution in [1.29, 1.82) is 0 Å². The van der Waals surface area contributed by atoms with E-state index in [-0.39, 0.29) is 40.9 Å². The Morgan fingerprint density at radius 2 is 1.60 bits per heavy atom. The Balaban J connectivity index is 1.39. The first-order chi connectivity index (χ1) is 14.1. The number of sulfonamides is 1. The van der Waals surface area contributed by atoms with Gasteiger partial charge >= 0.3 is 0 Å². The number of hydrogen-bond donors (Lipinski definition) is 1. The van der Waals surface area contributed by atoms with Gasteiger partial charge in [-0.2, -0.15) is 15.0 Å². The zero-order valence-corrected chi connectivity index (χ0v) is 18.5. The number of hydrogen-bond acceptors (Lipinski definition) is 5. The van der Waals surface area contributed by atoms with Crippen LogP contribution in [-0.4, -0.2) is 52.8 Å². The molecule has 2 aliphatic rings. The number of carbonyl (C=O) groups excluding carboxylic acids is 1. The molecule has 1 N–H and O–H groups in total. The van der Waals surface area contributed by atoms with Gasteiger partial charge in [0.15, 0.2) is 0 Å². The molecule has 1 aromatic heterocycles. The molecular formula is C21H29N5O3S. The fourth-order valence-electron chi connectivity index (χ4n) is 4.62. The zero-order valence-electron chi connectivity index (χ0n) is 17.7. The molecule has 1 aromatic carbocycles. The van der Waals surface area contributed by atoms with Crippen molar-refractivity contribution >= 4 is 15.9 Å². The molecule has 0 spiro atoms. The standard InChI is InChI=1S/C21H29N5O3S/c1-21(2,3)15-4-8-19(9-5-15)30(28,29)24-14-20(27)25-16-6-7-17(25)13-18(12-16)26-22-10-11-23-26/h4-5,8-11,16-18,24H,6-7,12-14H2,1-3H3. The Kier molecular flexibility index (Phi) is 5.44. The fraction of sp³-hybridized carbons (Fsp3) is 0.571. The Bertz CT molecular complexity index is 982. The summed E-state index contributed by atoms with van der Waals surface area (Å²) in [6.45, 7) is 6.01. The lowest BCUT2D eigenvalue weighted by molar-refractivity contribution is -0.135. The van der Waals surface area contributed by atoms with Crippen LogP contribution in [0.4, 0.5) is 0 Å².